The molecule has 1 saturated carbocycles. The van der Waals surface area contributed by atoms with E-state index < -0.39 is 0 Å². The molecule has 3 aliphatic heterocycles. The molecule has 3 heterocycles. The number of hydrogen-bond acceptors (Lipinski definition) is 6. The third-order valence-electron chi connectivity index (χ3n) is 6.63. The smallest absolute Gasteiger partial charge is 0.231 e. The number of hydrogen-bond donors (Lipinski definition) is 1. The van der Waals surface area contributed by atoms with Crippen LogP contribution in [0.5, 0.6) is 11.5 Å². The summed E-state index contributed by atoms with van der Waals surface area (Å²) in [5.41, 5.74) is 1.09. The molecule has 0 radical (unpaired) electrons. The zero-order chi connectivity index (χ0) is 18.4. The fourth-order valence-corrected chi connectivity index (χ4v) is 5.47. The first-order valence-corrected chi connectivity index (χ1v) is 10.4. The molecule has 0 spiro atoms. The lowest BCUT2D eigenvalue weighted by molar-refractivity contribution is -0.0520. The van der Waals surface area contributed by atoms with Crippen LogP contribution < -0.4 is 9.47 Å². The maximum Gasteiger partial charge on any atom is 0.231 e. The second-order valence-electron chi connectivity index (χ2n) is 8.27. The van der Waals surface area contributed by atoms with Crippen molar-refractivity contribution in [3.05, 3.63) is 22.7 Å². The van der Waals surface area contributed by atoms with Gasteiger partial charge in [0, 0.05) is 49.9 Å². The van der Waals surface area contributed by atoms with E-state index in [1.54, 1.807) is 0 Å². The molecule has 6 nitrogen and oxygen atoms in total. The van der Waals surface area contributed by atoms with Gasteiger partial charge in [0.05, 0.1) is 19.3 Å². The fourth-order valence-electron chi connectivity index (χ4n) is 5.26. The number of halogens is 1. The van der Waals surface area contributed by atoms with Crippen molar-refractivity contribution in [1.82, 2.24) is 9.80 Å². The Morgan fingerprint density at radius 1 is 1.04 bits per heavy atom. The van der Waals surface area contributed by atoms with E-state index in [0.29, 0.717) is 11.8 Å². The molecular weight excluding hydrogens is 368 g/mol. The Labute approximate surface area is 164 Å². The van der Waals surface area contributed by atoms with E-state index in [1.807, 2.05) is 12.1 Å². The Bertz CT molecular complexity index is 697. The van der Waals surface area contributed by atoms with Crippen LogP contribution >= 0.6 is 11.6 Å². The van der Waals surface area contributed by atoms with Gasteiger partial charge in [-0.3, -0.25) is 9.80 Å². The number of rotatable bonds is 3. The summed E-state index contributed by atoms with van der Waals surface area (Å²) in [4.78, 5) is 4.91. The standard InChI is InChI=1S/C20H27ClN2O4/c21-16-8-20-19(26-12-27-20)7-15(16)11-22-9-13-5-17(18(24)6-14(13)10-22)23-1-3-25-4-2-23/h7-8,13-14,17-18,24H,1-6,9-12H2/t13-,14+,17-,18-/m1/s1. The van der Waals surface area contributed by atoms with E-state index in [2.05, 4.69) is 9.80 Å². The molecule has 0 aromatic heterocycles. The third-order valence-corrected chi connectivity index (χ3v) is 6.99. The number of ether oxygens (including phenoxy) is 3. The van der Waals surface area contributed by atoms with Crippen molar-refractivity contribution in [2.24, 2.45) is 11.8 Å². The summed E-state index contributed by atoms with van der Waals surface area (Å²) in [5, 5.41) is 11.5. The van der Waals surface area contributed by atoms with E-state index in [1.165, 1.54) is 0 Å². The SMILES string of the molecule is O[C@@H]1C[C@H]2CN(Cc3cc4c(cc3Cl)OCO4)C[C@H]2C[C@H]1N1CCOCC1. The zero-order valence-corrected chi connectivity index (χ0v) is 16.2. The minimum atomic E-state index is -0.224. The highest BCUT2D eigenvalue weighted by molar-refractivity contribution is 6.31. The van der Waals surface area contributed by atoms with Crippen molar-refractivity contribution in [2.45, 2.75) is 31.5 Å². The maximum absolute atomic E-state index is 10.7. The van der Waals surface area contributed by atoms with Gasteiger partial charge in [0.1, 0.15) is 0 Å². The summed E-state index contributed by atoms with van der Waals surface area (Å²) in [7, 11) is 0. The molecule has 1 aliphatic carbocycles. The number of aliphatic hydroxyl groups excluding tert-OH is 1. The van der Waals surface area contributed by atoms with Crippen LogP contribution in [0.15, 0.2) is 12.1 Å². The molecule has 0 unspecified atom stereocenters. The average molecular weight is 395 g/mol. The summed E-state index contributed by atoms with van der Waals surface area (Å²) in [6, 6.07) is 4.16. The molecule has 4 aliphatic rings. The van der Waals surface area contributed by atoms with Crippen LogP contribution in [0.4, 0.5) is 0 Å². The Kier molecular flexibility index (Phi) is 4.94. The molecule has 27 heavy (non-hydrogen) atoms. The van der Waals surface area contributed by atoms with Crippen LogP contribution in [0.1, 0.15) is 18.4 Å². The lowest BCUT2D eigenvalue weighted by atomic mass is 9.77. The molecule has 5 rings (SSSR count). The molecule has 0 amide bonds. The minimum Gasteiger partial charge on any atom is -0.454 e. The van der Waals surface area contributed by atoms with Crippen LogP contribution in [0.2, 0.25) is 5.02 Å². The molecular formula is C20H27ClN2O4. The Morgan fingerprint density at radius 2 is 1.74 bits per heavy atom. The van der Waals surface area contributed by atoms with E-state index in [4.69, 9.17) is 25.8 Å². The molecule has 148 valence electrons. The molecule has 3 fully saturated rings. The van der Waals surface area contributed by atoms with Crippen molar-refractivity contribution < 1.29 is 19.3 Å². The van der Waals surface area contributed by atoms with Gasteiger partial charge < -0.3 is 19.3 Å². The van der Waals surface area contributed by atoms with Crippen molar-refractivity contribution >= 4 is 11.6 Å². The first kappa shape index (κ1) is 18.0. The van der Waals surface area contributed by atoms with Crippen molar-refractivity contribution in [3.63, 3.8) is 0 Å². The summed E-state index contributed by atoms with van der Waals surface area (Å²) in [5.74, 6) is 2.74. The van der Waals surface area contributed by atoms with Gasteiger partial charge in [-0.05, 0) is 36.3 Å². The van der Waals surface area contributed by atoms with Gasteiger partial charge >= 0.3 is 0 Å². The number of aliphatic hydroxyl groups is 1. The van der Waals surface area contributed by atoms with Crippen molar-refractivity contribution in [3.8, 4) is 11.5 Å². The van der Waals surface area contributed by atoms with Gasteiger partial charge in [-0.25, -0.2) is 0 Å². The van der Waals surface area contributed by atoms with Crippen molar-refractivity contribution in [2.75, 3.05) is 46.2 Å². The minimum absolute atomic E-state index is 0.224. The summed E-state index contributed by atoms with van der Waals surface area (Å²) >= 11 is 6.47. The molecule has 1 aromatic rings. The first-order chi connectivity index (χ1) is 13.2. The first-order valence-electron chi connectivity index (χ1n) is 9.97. The number of morpholine rings is 1. The van der Waals surface area contributed by atoms with Crippen LogP contribution in [-0.4, -0.2) is 73.2 Å². The Hall–Kier alpha value is -1.05. The maximum atomic E-state index is 10.7. The zero-order valence-electron chi connectivity index (χ0n) is 15.5. The summed E-state index contributed by atoms with van der Waals surface area (Å²) in [6.45, 7) is 6.64. The number of likely N-dealkylation sites (tertiary alicyclic amines) is 1. The lowest BCUT2D eigenvalue weighted by Gasteiger charge is -2.43. The lowest BCUT2D eigenvalue weighted by Crippen LogP contribution is -2.53. The molecule has 0 bridgehead atoms. The molecule has 7 heteroatoms. The van der Waals surface area contributed by atoms with E-state index in [0.717, 1.165) is 80.9 Å². The van der Waals surface area contributed by atoms with Gasteiger partial charge in [-0.1, -0.05) is 11.6 Å². The van der Waals surface area contributed by atoms with E-state index >= 15 is 0 Å². The predicted octanol–water partition coefficient (Wildman–Crippen LogP) is 1.97. The average Bonchev–Trinajstić information content (AvgIpc) is 3.27. The van der Waals surface area contributed by atoms with E-state index in [-0.39, 0.29) is 18.9 Å². The van der Waals surface area contributed by atoms with Gasteiger partial charge in [-0.15, -0.1) is 0 Å². The van der Waals surface area contributed by atoms with Crippen LogP contribution in [-0.2, 0) is 11.3 Å². The van der Waals surface area contributed by atoms with Crippen LogP contribution in [0, 0.1) is 11.8 Å². The topological polar surface area (TPSA) is 54.4 Å². The van der Waals surface area contributed by atoms with Crippen molar-refractivity contribution in [1.29, 1.82) is 0 Å². The summed E-state index contributed by atoms with van der Waals surface area (Å²) < 4.78 is 16.4. The number of nitrogens with zero attached hydrogens (tertiary/aromatic N) is 2. The molecule has 1 aromatic carbocycles. The second-order valence-corrected chi connectivity index (χ2v) is 8.67. The Balaban J connectivity index is 1.25. The Morgan fingerprint density at radius 3 is 2.52 bits per heavy atom. The number of fused-ring (bicyclic) bond motifs is 2. The molecule has 1 N–H and O–H groups in total. The van der Waals surface area contributed by atoms with Gasteiger partial charge in [0.25, 0.3) is 0 Å². The highest BCUT2D eigenvalue weighted by Gasteiger charge is 2.43. The highest BCUT2D eigenvalue weighted by atomic mass is 35.5. The van der Waals surface area contributed by atoms with E-state index in [9.17, 15) is 5.11 Å². The quantitative estimate of drug-likeness (QED) is 0.846. The predicted molar refractivity (Wildman–Crippen MR) is 101 cm³/mol. The van der Waals surface area contributed by atoms with Gasteiger partial charge in [0.2, 0.25) is 6.79 Å². The number of benzene rings is 1. The van der Waals surface area contributed by atoms with Crippen LogP contribution in [0.3, 0.4) is 0 Å². The monoisotopic (exact) mass is 394 g/mol. The fraction of sp³-hybridized carbons (Fsp3) is 0.700. The highest BCUT2D eigenvalue weighted by Crippen LogP contribution is 2.41. The largest absolute Gasteiger partial charge is 0.454 e. The summed E-state index contributed by atoms with van der Waals surface area (Å²) in [6.07, 6.45) is 1.76. The van der Waals surface area contributed by atoms with Crippen LogP contribution in [0.25, 0.3) is 0 Å². The normalized spacial score (nSPS) is 34.0. The van der Waals surface area contributed by atoms with Gasteiger partial charge in [0.15, 0.2) is 11.5 Å². The third kappa shape index (κ3) is 3.54. The molecule has 4 atom stereocenters. The second kappa shape index (κ2) is 7.41. The molecule has 2 saturated heterocycles. The van der Waals surface area contributed by atoms with Gasteiger partial charge in [-0.2, -0.15) is 0 Å².